The zero-order valence-corrected chi connectivity index (χ0v) is 7.65. The Morgan fingerprint density at radius 2 is 1.17 bits per heavy atom. The van der Waals surface area contributed by atoms with Gasteiger partial charge >= 0.3 is 0 Å². The van der Waals surface area contributed by atoms with Gasteiger partial charge in [0.05, 0.1) is 0 Å². The van der Waals surface area contributed by atoms with Crippen molar-refractivity contribution < 1.29 is 20.4 Å². The van der Waals surface area contributed by atoms with Gasteiger partial charge in [0.25, 0.3) is 0 Å². The van der Waals surface area contributed by atoms with E-state index >= 15 is 0 Å². The van der Waals surface area contributed by atoms with E-state index in [1.807, 2.05) is 0 Å². The van der Waals surface area contributed by atoms with Crippen LogP contribution in [0, 0.1) is 0 Å². The summed E-state index contributed by atoms with van der Waals surface area (Å²) in [5.74, 6) is -4.36. The Hall–Kier alpha value is -0.200. The largest absolute Gasteiger partial charge is 0.353 e. The molecule has 0 aromatic rings. The Morgan fingerprint density at radius 3 is 1.33 bits per heavy atom. The molecule has 0 bridgehead atoms. The van der Waals surface area contributed by atoms with Crippen LogP contribution in [0.15, 0.2) is 0 Å². The molecule has 0 atom stereocenters. The Labute approximate surface area is 71.9 Å². The quantitative estimate of drug-likeness (QED) is 0.417. The molecule has 0 saturated carbocycles. The van der Waals surface area contributed by atoms with E-state index in [0.717, 1.165) is 0 Å². The standard InChI is InChI=1S/C7H17NO4/c1-4-6(9,10)8(3)7(11,12)5-2/h9-12H,4-5H2,1-3H3. The summed E-state index contributed by atoms with van der Waals surface area (Å²) >= 11 is 0. The van der Waals surface area contributed by atoms with Crippen LogP contribution < -0.4 is 0 Å². The monoisotopic (exact) mass is 179 g/mol. The molecule has 0 amide bonds. The van der Waals surface area contributed by atoms with Crippen LogP contribution >= 0.6 is 0 Å². The molecule has 0 saturated heterocycles. The highest BCUT2D eigenvalue weighted by atomic mass is 16.6. The minimum absolute atomic E-state index is 0.00757. The van der Waals surface area contributed by atoms with Crippen molar-refractivity contribution >= 4 is 0 Å². The average Bonchev–Trinajstić information content (AvgIpc) is 2.03. The number of aliphatic hydroxyl groups is 4. The summed E-state index contributed by atoms with van der Waals surface area (Å²) in [6, 6.07) is 0. The van der Waals surface area contributed by atoms with Crippen LogP contribution in [0.4, 0.5) is 0 Å². The van der Waals surface area contributed by atoms with Crippen molar-refractivity contribution in [1.29, 1.82) is 0 Å². The maximum Gasteiger partial charge on any atom is 0.228 e. The second-order valence-corrected chi connectivity index (χ2v) is 2.81. The van der Waals surface area contributed by atoms with Gasteiger partial charge in [0.15, 0.2) is 0 Å². The molecule has 0 heterocycles. The minimum Gasteiger partial charge on any atom is -0.353 e. The molecule has 0 aromatic heterocycles. The van der Waals surface area contributed by atoms with E-state index in [9.17, 15) is 20.4 Å². The van der Waals surface area contributed by atoms with Crippen molar-refractivity contribution in [2.75, 3.05) is 7.05 Å². The molecule has 0 unspecified atom stereocenters. The van der Waals surface area contributed by atoms with E-state index < -0.39 is 11.8 Å². The molecule has 0 radical (unpaired) electrons. The van der Waals surface area contributed by atoms with E-state index in [4.69, 9.17) is 0 Å². The van der Waals surface area contributed by atoms with Crippen LogP contribution in [-0.4, -0.2) is 44.2 Å². The first kappa shape index (κ1) is 11.8. The lowest BCUT2D eigenvalue weighted by Gasteiger charge is -2.39. The van der Waals surface area contributed by atoms with Crippen LogP contribution in [-0.2, 0) is 0 Å². The summed E-state index contributed by atoms with van der Waals surface area (Å²) in [5, 5.41) is 36.9. The molecule has 5 heteroatoms. The van der Waals surface area contributed by atoms with Crippen molar-refractivity contribution in [1.82, 2.24) is 4.90 Å². The van der Waals surface area contributed by atoms with Gasteiger partial charge in [0, 0.05) is 12.8 Å². The van der Waals surface area contributed by atoms with Crippen LogP contribution in [0.5, 0.6) is 0 Å². The molecule has 74 valence electrons. The molecule has 5 nitrogen and oxygen atoms in total. The molecule has 0 rings (SSSR count). The lowest BCUT2D eigenvalue weighted by atomic mass is 10.2. The van der Waals surface area contributed by atoms with Gasteiger partial charge in [-0.3, -0.25) is 0 Å². The van der Waals surface area contributed by atoms with Crippen LogP contribution in [0.1, 0.15) is 26.7 Å². The first-order chi connectivity index (χ1) is 5.28. The van der Waals surface area contributed by atoms with E-state index in [1.54, 1.807) is 0 Å². The Balaban J connectivity index is 4.47. The predicted octanol–water partition coefficient (Wildman–Crippen LogP) is -0.985. The topological polar surface area (TPSA) is 84.2 Å². The number of hydrogen-bond donors (Lipinski definition) is 4. The second kappa shape index (κ2) is 3.68. The molecule has 0 aliphatic carbocycles. The fraction of sp³-hybridized carbons (Fsp3) is 1.00. The van der Waals surface area contributed by atoms with Gasteiger partial charge in [0.2, 0.25) is 11.8 Å². The summed E-state index contributed by atoms with van der Waals surface area (Å²) in [4.78, 5) is 0.708. The van der Waals surface area contributed by atoms with E-state index in [0.29, 0.717) is 4.90 Å². The first-order valence-electron chi connectivity index (χ1n) is 3.91. The molecular weight excluding hydrogens is 162 g/mol. The maximum absolute atomic E-state index is 9.22. The summed E-state index contributed by atoms with van der Waals surface area (Å²) in [6.45, 7) is 3.06. The molecule has 0 aliphatic heterocycles. The van der Waals surface area contributed by atoms with Gasteiger partial charge < -0.3 is 20.4 Å². The average molecular weight is 179 g/mol. The van der Waals surface area contributed by atoms with Gasteiger partial charge in [-0.1, -0.05) is 13.8 Å². The zero-order valence-electron chi connectivity index (χ0n) is 7.65. The number of hydrogen-bond acceptors (Lipinski definition) is 5. The fourth-order valence-electron chi connectivity index (χ4n) is 0.761. The second-order valence-electron chi connectivity index (χ2n) is 2.81. The Kier molecular flexibility index (Phi) is 3.61. The third-order valence-electron chi connectivity index (χ3n) is 2.02. The van der Waals surface area contributed by atoms with Gasteiger partial charge in [0.1, 0.15) is 0 Å². The summed E-state index contributed by atoms with van der Waals surface area (Å²) in [5.41, 5.74) is 0. The fourth-order valence-corrected chi connectivity index (χ4v) is 0.761. The molecule has 0 fully saturated rings. The molecular formula is C7H17NO4. The lowest BCUT2D eigenvalue weighted by Crippen LogP contribution is -2.58. The van der Waals surface area contributed by atoms with Gasteiger partial charge in [-0.25, -0.2) is 4.90 Å². The van der Waals surface area contributed by atoms with E-state index in [-0.39, 0.29) is 12.8 Å². The molecule has 0 aromatic carbocycles. The third kappa shape index (κ3) is 2.40. The minimum atomic E-state index is -2.18. The van der Waals surface area contributed by atoms with Gasteiger partial charge in [-0.05, 0) is 7.05 Å². The molecule has 12 heavy (non-hydrogen) atoms. The first-order valence-corrected chi connectivity index (χ1v) is 3.91. The highest BCUT2D eigenvalue weighted by Crippen LogP contribution is 2.20. The van der Waals surface area contributed by atoms with E-state index in [2.05, 4.69) is 0 Å². The molecule has 4 N–H and O–H groups in total. The summed E-state index contributed by atoms with van der Waals surface area (Å²) in [7, 11) is 1.23. The zero-order chi connectivity index (χ0) is 9.99. The Morgan fingerprint density at radius 1 is 0.917 bits per heavy atom. The number of nitrogens with zero attached hydrogens (tertiary/aromatic N) is 1. The van der Waals surface area contributed by atoms with E-state index in [1.165, 1.54) is 20.9 Å². The summed E-state index contributed by atoms with van der Waals surface area (Å²) in [6.07, 6.45) is -0.0151. The smallest absolute Gasteiger partial charge is 0.228 e. The number of rotatable bonds is 4. The van der Waals surface area contributed by atoms with Crippen molar-refractivity contribution in [3.05, 3.63) is 0 Å². The van der Waals surface area contributed by atoms with Gasteiger partial charge in [-0.15, -0.1) is 0 Å². The summed E-state index contributed by atoms with van der Waals surface area (Å²) < 4.78 is 0. The maximum atomic E-state index is 9.22. The van der Waals surface area contributed by atoms with Crippen LogP contribution in [0.25, 0.3) is 0 Å². The highest BCUT2D eigenvalue weighted by Gasteiger charge is 2.39. The molecule has 0 aliphatic rings. The van der Waals surface area contributed by atoms with Crippen molar-refractivity contribution in [3.8, 4) is 0 Å². The predicted molar refractivity (Wildman–Crippen MR) is 42.7 cm³/mol. The van der Waals surface area contributed by atoms with Crippen LogP contribution in [0.2, 0.25) is 0 Å². The van der Waals surface area contributed by atoms with Crippen molar-refractivity contribution in [2.24, 2.45) is 0 Å². The highest BCUT2D eigenvalue weighted by molar-refractivity contribution is 4.69. The van der Waals surface area contributed by atoms with Gasteiger partial charge in [-0.2, -0.15) is 0 Å². The van der Waals surface area contributed by atoms with Crippen molar-refractivity contribution in [2.45, 2.75) is 38.5 Å². The third-order valence-corrected chi connectivity index (χ3v) is 2.02. The van der Waals surface area contributed by atoms with Crippen LogP contribution in [0.3, 0.4) is 0 Å². The normalized spacial score (nSPS) is 14.0. The SMILES string of the molecule is CCC(O)(O)N(C)C(O)(O)CC. The van der Waals surface area contributed by atoms with Crippen molar-refractivity contribution in [3.63, 3.8) is 0 Å². The lowest BCUT2D eigenvalue weighted by molar-refractivity contribution is -0.377. The Bertz CT molecular complexity index is 130. The molecule has 0 spiro atoms.